The lowest BCUT2D eigenvalue weighted by Gasteiger charge is -2.19. The average Bonchev–Trinajstić information content (AvgIpc) is 1.99. The van der Waals surface area contributed by atoms with E-state index in [9.17, 15) is 9.90 Å². The van der Waals surface area contributed by atoms with Gasteiger partial charge in [0.15, 0.2) is 0 Å². The van der Waals surface area contributed by atoms with E-state index in [2.05, 4.69) is 5.32 Å². The molecule has 1 amide bonds. The summed E-state index contributed by atoms with van der Waals surface area (Å²) < 4.78 is 0. The second-order valence-electron chi connectivity index (χ2n) is 3.87. The summed E-state index contributed by atoms with van der Waals surface area (Å²) >= 11 is 0. The Morgan fingerprint density at radius 3 is 2.54 bits per heavy atom. The summed E-state index contributed by atoms with van der Waals surface area (Å²) in [7, 11) is 0. The van der Waals surface area contributed by atoms with Crippen LogP contribution >= 0.6 is 0 Å². The number of aliphatic hydroxyl groups is 1. The smallest absolute Gasteiger partial charge is 0.239 e. The number of carbonyl (C=O) groups excluding carboxylic acids is 1. The number of nitrogens with one attached hydrogen (secondary N) is 1. The number of hydrogen-bond acceptors (Lipinski definition) is 3. The van der Waals surface area contributed by atoms with Crippen LogP contribution < -0.4 is 11.1 Å². The molecule has 0 aliphatic heterocycles. The molecule has 13 heavy (non-hydrogen) atoms. The Morgan fingerprint density at radius 1 is 1.62 bits per heavy atom. The first-order valence-electron chi connectivity index (χ1n) is 4.63. The zero-order chi connectivity index (χ0) is 10.5. The SMILES string of the molecule is CCCC(O)CNC(=O)C(C)(C)N. The van der Waals surface area contributed by atoms with Crippen LogP contribution in [0.4, 0.5) is 0 Å². The summed E-state index contributed by atoms with van der Waals surface area (Å²) in [6.45, 7) is 5.54. The van der Waals surface area contributed by atoms with Crippen LogP contribution in [0.2, 0.25) is 0 Å². The topological polar surface area (TPSA) is 75.3 Å². The summed E-state index contributed by atoms with van der Waals surface area (Å²) in [6, 6.07) is 0. The molecule has 1 unspecified atom stereocenters. The molecular weight excluding hydrogens is 168 g/mol. The highest BCUT2D eigenvalue weighted by atomic mass is 16.3. The molecule has 0 bridgehead atoms. The summed E-state index contributed by atoms with van der Waals surface area (Å²) in [5, 5.41) is 11.9. The lowest BCUT2D eigenvalue weighted by Crippen LogP contribution is -2.50. The molecule has 78 valence electrons. The minimum absolute atomic E-state index is 0.234. The highest BCUT2D eigenvalue weighted by Gasteiger charge is 2.21. The Balaban J connectivity index is 3.71. The van der Waals surface area contributed by atoms with E-state index >= 15 is 0 Å². The highest BCUT2D eigenvalue weighted by Crippen LogP contribution is 1.98. The first-order valence-corrected chi connectivity index (χ1v) is 4.63. The summed E-state index contributed by atoms with van der Waals surface area (Å²) in [5.74, 6) is -0.234. The van der Waals surface area contributed by atoms with Gasteiger partial charge in [-0.1, -0.05) is 13.3 Å². The van der Waals surface area contributed by atoms with Crippen LogP contribution in [0.25, 0.3) is 0 Å². The quantitative estimate of drug-likeness (QED) is 0.568. The predicted octanol–water partition coefficient (Wildman–Crippen LogP) is 0.000900. The minimum atomic E-state index is -0.869. The Hall–Kier alpha value is -0.610. The summed E-state index contributed by atoms with van der Waals surface area (Å²) in [5.41, 5.74) is 4.68. The van der Waals surface area contributed by atoms with Crippen LogP contribution in [-0.4, -0.2) is 29.2 Å². The maximum atomic E-state index is 11.2. The van der Waals surface area contributed by atoms with Crippen molar-refractivity contribution in [1.29, 1.82) is 0 Å². The van der Waals surface area contributed by atoms with Crippen LogP contribution in [0.15, 0.2) is 0 Å². The molecule has 4 nitrogen and oxygen atoms in total. The van der Waals surface area contributed by atoms with Gasteiger partial charge in [0.05, 0.1) is 11.6 Å². The van der Waals surface area contributed by atoms with E-state index in [0.29, 0.717) is 6.42 Å². The van der Waals surface area contributed by atoms with Crippen molar-refractivity contribution in [3.8, 4) is 0 Å². The van der Waals surface area contributed by atoms with E-state index in [0.717, 1.165) is 6.42 Å². The molecule has 0 heterocycles. The molecule has 0 radical (unpaired) electrons. The van der Waals surface area contributed by atoms with E-state index in [1.807, 2.05) is 6.92 Å². The molecule has 4 heteroatoms. The molecule has 0 saturated heterocycles. The molecule has 0 aliphatic rings. The largest absolute Gasteiger partial charge is 0.391 e. The lowest BCUT2D eigenvalue weighted by atomic mass is 10.1. The van der Waals surface area contributed by atoms with Gasteiger partial charge in [-0.15, -0.1) is 0 Å². The third-order valence-electron chi connectivity index (χ3n) is 1.71. The van der Waals surface area contributed by atoms with E-state index in [4.69, 9.17) is 5.73 Å². The molecule has 0 aromatic carbocycles. The van der Waals surface area contributed by atoms with Gasteiger partial charge in [-0.3, -0.25) is 4.79 Å². The van der Waals surface area contributed by atoms with Gasteiger partial charge < -0.3 is 16.2 Å². The van der Waals surface area contributed by atoms with Crippen molar-refractivity contribution in [2.45, 2.75) is 45.3 Å². The van der Waals surface area contributed by atoms with Gasteiger partial charge in [-0.05, 0) is 20.3 Å². The van der Waals surface area contributed by atoms with Gasteiger partial charge in [0.1, 0.15) is 0 Å². The minimum Gasteiger partial charge on any atom is -0.391 e. The van der Waals surface area contributed by atoms with Crippen molar-refractivity contribution in [3.63, 3.8) is 0 Å². The maximum absolute atomic E-state index is 11.2. The lowest BCUT2D eigenvalue weighted by molar-refractivity contribution is -0.125. The zero-order valence-corrected chi connectivity index (χ0v) is 8.63. The third kappa shape index (κ3) is 5.60. The zero-order valence-electron chi connectivity index (χ0n) is 8.63. The molecular formula is C9H20N2O2. The van der Waals surface area contributed by atoms with Gasteiger partial charge in [-0.2, -0.15) is 0 Å². The number of aliphatic hydroxyl groups excluding tert-OH is 1. The highest BCUT2D eigenvalue weighted by molar-refractivity contribution is 5.84. The average molecular weight is 188 g/mol. The van der Waals surface area contributed by atoms with Crippen molar-refractivity contribution < 1.29 is 9.90 Å². The molecule has 0 spiro atoms. The van der Waals surface area contributed by atoms with Crippen LogP contribution in [0, 0.1) is 0 Å². The van der Waals surface area contributed by atoms with Gasteiger partial charge >= 0.3 is 0 Å². The molecule has 0 saturated carbocycles. The van der Waals surface area contributed by atoms with Crippen molar-refractivity contribution >= 4 is 5.91 Å². The predicted molar refractivity (Wildman–Crippen MR) is 52.2 cm³/mol. The first-order chi connectivity index (χ1) is 5.88. The fourth-order valence-electron chi connectivity index (χ4n) is 0.874. The van der Waals surface area contributed by atoms with Crippen molar-refractivity contribution in [2.24, 2.45) is 5.73 Å². The third-order valence-corrected chi connectivity index (χ3v) is 1.71. The van der Waals surface area contributed by atoms with E-state index in [1.165, 1.54) is 0 Å². The summed E-state index contributed by atoms with van der Waals surface area (Å²) in [4.78, 5) is 11.2. The van der Waals surface area contributed by atoms with Crippen molar-refractivity contribution in [2.75, 3.05) is 6.54 Å². The molecule has 0 rings (SSSR count). The Kier molecular flexibility index (Phi) is 4.95. The van der Waals surface area contributed by atoms with E-state index in [1.54, 1.807) is 13.8 Å². The maximum Gasteiger partial charge on any atom is 0.239 e. The van der Waals surface area contributed by atoms with Gasteiger partial charge in [0.25, 0.3) is 0 Å². The fraction of sp³-hybridized carbons (Fsp3) is 0.889. The van der Waals surface area contributed by atoms with Gasteiger partial charge in [-0.25, -0.2) is 0 Å². The van der Waals surface area contributed by atoms with Crippen LogP contribution in [-0.2, 0) is 4.79 Å². The molecule has 0 aliphatic carbocycles. The van der Waals surface area contributed by atoms with E-state index in [-0.39, 0.29) is 12.5 Å². The second-order valence-corrected chi connectivity index (χ2v) is 3.87. The van der Waals surface area contributed by atoms with Crippen LogP contribution in [0.1, 0.15) is 33.6 Å². The Labute approximate surface area is 79.5 Å². The molecule has 0 fully saturated rings. The molecule has 1 atom stereocenters. The standard InChI is InChI=1S/C9H20N2O2/c1-4-5-7(12)6-11-8(13)9(2,3)10/h7,12H,4-6,10H2,1-3H3,(H,11,13). The van der Waals surface area contributed by atoms with Crippen molar-refractivity contribution in [3.05, 3.63) is 0 Å². The number of amides is 1. The van der Waals surface area contributed by atoms with Gasteiger partial charge in [0, 0.05) is 6.54 Å². The Bertz CT molecular complexity index is 163. The second kappa shape index (κ2) is 5.19. The molecule has 0 aromatic heterocycles. The molecule has 4 N–H and O–H groups in total. The number of hydrogen-bond donors (Lipinski definition) is 3. The summed E-state index contributed by atoms with van der Waals surface area (Å²) in [6.07, 6.45) is 1.14. The van der Waals surface area contributed by atoms with Crippen LogP contribution in [0.3, 0.4) is 0 Å². The Morgan fingerprint density at radius 2 is 2.15 bits per heavy atom. The molecule has 0 aromatic rings. The fourth-order valence-corrected chi connectivity index (χ4v) is 0.874. The first kappa shape index (κ1) is 12.4. The number of rotatable bonds is 5. The van der Waals surface area contributed by atoms with Gasteiger partial charge in [0.2, 0.25) is 5.91 Å². The number of nitrogens with two attached hydrogens (primary N) is 1. The monoisotopic (exact) mass is 188 g/mol. The van der Waals surface area contributed by atoms with Crippen LogP contribution in [0.5, 0.6) is 0 Å². The number of carbonyl (C=O) groups is 1. The normalized spacial score (nSPS) is 13.9. The van der Waals surface area contributed by atoms with Crippen molar-refractivity contribution in [1.82, 2.24) is 5.32 Å². The van der Waals surface area contributed by atoms with E-state index < -0.39 is 11.6 Å².